The van der Waals surface area contributed by atoms with Crippen molar-refractivity contribution in [2.45, 2.75) is 17.3 Å². The lowest BCUT2D eigenvalue weighted by Crippen LogP contribution is -2.22. The van der Waals surface area contributed by atoms with Crippen molar-refractivity contribution in [3.8, 4) is 17.3 Å². The summed E-state index contributed by atoms with van der Waals surface area (Å²) in [5.74, 6) is -0.130. The van der Waals surface area contributed by atoms with Gasteiger partial charge in [-0.1, -0.05) is 48.2 Å². The summed E-state index contributed by atoms with van der Waals surface area (Å²) >= 11 is 1.40. The molecule has 1 N–H and O–H groups in total. The van der Waals surface area contributed by atoms with Gasteiger partial charge in [-0.25, -0.2) is 4.98 Å². The van der Waals surface area contributed by atoms with Crippen molar-refractivity contribution in [2.75, 3.05) is 5.32 Å². The molecule has 1 aromatic heterocycles. The molecule has 2 aromatic carbocycles. The van der Waals surface area contributed by atoms with E-state index in [1.54, 1.807) is 24.3 Å². The van der Waals surface area contributed by atoms with Crippen molar-refractivity contribution < 1.29 is 4.79 Å². The third-order valence-corrected chi connectivity index (χ3v) is 5.08. The Labute approximate surface area is 156 Å². The Balaban J connectivity index is 1.70. The molecule has 1 amide bonds. The van der Waals surface area contributed by atoms with E-state index in [0.29, 0.717) is 11.3 Å². The summed E-state index contributed by atoms with van der Waals surface area (Å²) in [6, 6.07) is 19.0. The van der Waals surface area contributed by atoms with Crippen molar-refractivity contribution >= 4 is 23.4 Å². The molecule has 0 aliphatic carbocycles. The molecule has 0 aliphatic rings. The Kier molecular flexibility index (Phi) is 5.40. The molecular weight excluding hydrogens is 344 g/mol. The van der Waals surface area contributed by atoms with E-state index in [1.165, 1.54) is 11.8 Å². The molecule has 1 unspecified atom stereocenters. The summed E-state index contributed by atoms with van der Waals surface area (Å²) in [6.07, 6.45) is 1.82. The lowest BCUT2D eigenvalue weighted by molar-refractivity contribution is -0.115. The second-order valence-electron chi connectivity index (χ2n) is 5.79. The fraction of sp³-hybridized carbons (Fsp3) is 0.150. The molecule has 0 saturated carbocycles. The number of amides is 1. The number of benzene rings is 2. The molecule has 0 saturated heterocycles. The highest BCUT2D eigenvalue weighted by Crippen LogP contribution is 2.27. The quantitative estimate of drug-likeness (QED) is 0.694. The van der Waals surface area contributed by atoms with E-state index in [-0.39, 0.29) is 11.2 Å². The number of rotatable bonds is 5. The zero-order valence-electron chi connectivity index (χ0n) is 14.5. The van der Waals surface area contributed by atoms with Crippen LogP contribution in [-0.4, -0.2) is 20.7 Å². The fourth-order valence-electron chi connectivity index (χ4n) is 2.50. The number of nitriles is 1. The fourth-order valence-corrected chi connectivity index (χ4v) is 3.35. The van der Waals surface area contributed by atoms with Crippen molar-refractivity contribution in [2.24, 2.45) is 7.05 Å². The van der Waals surface area contributed by atoms with E-state index in [4.69, 9.17) is 5.26 Å². The number of anilines is 1. The molecular formula is C20H18N4OS. The minimum atomic E-state index is -0.328. The van der Waals surface area contributed by atoms with Gasteiger partial charge in [0.25, 0.3) is 0 Å². The summed E-state index contributed by atoms with van der Waals surface area (Å²) in [5.41, 5.74) is 3.22. The molecule has 6 heteroatoms. The number of aromatic nitrogens is 2. The average molecular weight is 362 g/mol. The second-order valence-corrected chi connectivity index (χ2v) is 7.10. The topological polar surface area (TPSA) is 70.7 Å². The summed E-state index contributed by atoms with van der Waals surface area (Å²) in [7, 11) is 1.94. The van der Waals surface area contributed by atoms with Gasteiger partial charge >= 0.3 is 0 Å². The van der Waals surface area contributed by atoms with Crippen LogP contribution in [0.15, 0.2) is 66.0 Å². The van der Waals surface area contributed by atoms with E-state index >= 15 is 0 Å². The number of carbonyl (C=O) groups excluding carboxylic acids is 1. The van der Waals surface area contributed by atoms with Gasteiger partial charge < -0.3 is 9.88 Å². The standard InChI is InChI=1S/C20H18N4OS/c1-14(19(25)23-17-10-6-7-15(11-17)12-21)26-20-22-13-18(24(20)2)16-8-4-3-5-9-16/h3-11,13-14H,1-2H3,(H,23,25). The van der Waals surface area contributed by atoms with Gasteiger partial charge in [0, 0.05) is 12.7 Å². The van der Waals surface area contributed by atoms with E-state index in [2.05, 4.69) is 16.4 Å². The maximum Gasteiger partial charge on any atom is 0.237 e. The molecule has 26 heavy (non-hydrogen) atoms. The molecule has 1 atom stereocenters. The molecule has 0 aliphatic heterocycles. The summed E-state index contributed by atoms with van der Waals surface area (Å²) < 4.78 is 1.99. The number of carbonyl (C=O) groups is 1. The predicted molar refractivity (Wildman–Crippen MR) is 104 cm³/mol. The lowest BCUT2D eigenvalue weighted by atomic mass is 10.2. The summed E-state index contributed by atoms with van der Waals surface area (Å²) in [4.78, 5) is 16.9. The van der Waals surface area contributed by atoms with Gasteiger partial charge in [0.2, 0.25) is 5.91 Å². The van der Waals surface area contributed by atoms with Crippen molar-refractivity contribution in [3.63, 3.8) is 0 Å². The molecule has 0 spiro atoms. The van der Waals surface area contributed by atoms with E-state index < -0.39 is 0 Å². The van der Waals surface area contributed by atoms with Gasteiger partial charge in [0.05, 0.1) is 28.8 Å². The third kappa shape index (κ3) is 3.95. The molecule has 0 bridgehead atoms. The van der Waals surface area contributed by atoms with E-state index in [9.17, 15) is 4.79 Å². The zero-order valence-corrected chi connectivity index (χ0v) is 15.3. The van der Waals surface area contributed by atoms with Gasteiger partial charge in [-0.05, 0) is 30.7 Å². The Morgan fingerprint density at radius 3 is 2.73 bits per heavy atom. The van der Waals surface area contributed by atoms with Crippen LogP contribution in [0.1, 0.15) is 12.5 Å². The number of thioether (sulfide) groups is 1. The highest BCUT2D eigenvalue weighted by atomic mass is 32.2. The van der Waals surface area contributed by atoms with Crippen LogP contribution in [0.2, 0.25) is 0 Å². The van der Waals surface area contributed by atoms with Crippen LogP contribution in [0.5, 0.6) is 0 Å². The van der Waals surface area contributed by atoms with Crippen molar-refractivity contribution in [1.29, 1.82) is 5.26 Å². The minimum Gasteiger partial charge on any atom is -0.325 e. The van der Waals surface area contributed by atoms with Crippen LogP contribution >= 0.6 is 11.8 Å². The molecule has 1 heterocycles. The first-order valence-corrected chi connectivity index (χ1v) is 9.01. The Morgan fingerprint density at radius 2 is 2.00 bits per heavy atom. The lowest BCUT2D eigenvalue weighted by Gasteiger charge is -2.12. The number of imidazole rings is 1. The van der Waals surface area contributed by atoms with Gasteiger partial charge in [0.1, 0.15) is 0 Å². The molecule has 0 radical (unpaired) electrons. The zero-order chi connectivity index (χ0) is 18.5. The first kappa shape index (κ1) is 17.8. The molecule has 0 fully saturated rings. The smallest absolute Gasteiger partial charge is 0.237 e. The maximum atomic E-state index is 12.5. The van der Waals surface area contributed by atoms with Gasteiger partial charge in [0.15, 0.2) is 5.16 Å². The summed E-state index contributed by atoms with van der Waals surface area (Å²) in [6.45, 7) is 1.84. The van der Waals surface area contributed by atoms with Gasteiger partial charge in [-0.3, -0.25) is 4.79 Å². The second kappa shape index (κ2) is 7.89. The largest absolute Gasteiger partial charge is 0.325 e. The van der Waals surface area contributed by atoms with Crippen LogP contribution in [0.3, 0.4) is 0 Å². The third-order valence-electron chi connectivity index (χ3n) is 3.93. The van der Waals surface area contributed by atoms with E-state index in [1.807, 2.05) is 55.1 Å². The maximum absolute atomic E-state index is 12.5. The Morgan fingerprint density at radius 1 is 1.23 bits per heavy atom. The Hall–Kier alpha value is -3.04. The molecule has 3 rings (SSSR count). The highest BCUT2D eigenvalue weighted by molar-refractivity contribution is 8.00. The molecule has 3 aromatic rings. The van der Waals surface area contributed by atoms with E-state index in [0.717, 1.165) is 16.4 Å². The minimum absolute atomic E-state index is 0.130. The number of nitrogens with one attached hydrogen (secondary N) is 1. The van der Waals surface area contributed by atoms with Crippen LogP contribution in [0.25, 0.3) is 11.3 Å². The van der Waals surface area contributed by atoms with Crippen LogP contribution in [0.4, 0.5) is 5.69 Å². The molecule has 130 valence electrons. The number of hydrogen-bond donors (Lipinski definition) is 1. The first-order valence-electron chi connectivity index (χ1n) is 8.13. The normalized spacial score (nSPS) is 11.6. The molecule has 5 nitrogen and oxygen atoms in total. The monoisotopic (exact) mass is 362 g/mol. The van der Waals surface area contributed by atoms with Crippen molar-refractivity contribution in [3.05, 3.63) is 66.4 Å². The predicted octanol–water partition coefficient (Wildman–Crippen LogP) is 4.08. The van der Waals surface area contributed by atoms with Crippen LogP contribution in [-0.2, 0) is 11.8 Å². The van der Waals surface area contributed by atoms with Crippen molar-refractivity contribution in [1.82, 2.24) is 9.55 Å². The number of hydrogen-bond acceptors (Lipinski definition) is 4. The average Bonchev–Trinajstić information content (AvgIpc) is 3.03. The SMILES string of the molecule is CC(Sc1ncc(-c2ccccc2)n1C)C(=O)Nc1cccc(C#N)c1. The number of nitrogens with zero attached hydrogens (tertiary/aromatic N) is 3. The van der Waals surface area contributed by atoms with Gasteiger partial charge in [-0.15, -0.1) is 0 Å². The highest BCUT2D eigenvalue weighted by Gasteiger charge is 2.18. The first-order chi connectivity index (χ1) is 12.6. The Bertz CT molecular complexity index is 959. The van der Waals surface area contributed by atoms with Crippen LogP contribution < -0.4 is 5.32 Å². The van der Waals surface area contributed by atoms with Crippen LogP contribution in [0, 0.1) is 11.3 Å². The van der Waals surface area contributed by atoms with Gasteiger partial charge in [-0.2, -0.15) is 5.26 Å². The summed E-state index contributed by atoms with van der Waals surface area (Å²) in [5, 5.41) is 12.2.